The molecule has 0 aromatic carbocycles. The van der Waals surface area contributed by atoms with Crippen LogP contribution in [0, 0.1) is 5.41 Å². The topological polar surface area (TPSA) is 25.2 Å². The molecule has 1 aromatic rings. The molecule has 3 heteroatoms. The Morgan fingerprint density at radius 3 is 2.78 bits per heavy atom. The van der Waals surface area contributed by atoms with Gasteiger partial charge in [0.2, 0.25) is 0 Å². The van der Waals surface area contributed by atoms with Crippen LogP contribution < -0.4 is 0 Å². The van der Waals surface area contributed by atoms with Crippen LogP contribution in [0.5, 0.6) is 0 Å². The number of hydrogen-bond acceptors (Lipinski definition) is 2. The van der Waals surface area contributed by atoms with Crippen LogP contribution in [0.4, 0.5) is 0 Å². The van der Waals surface area contributed by atoms with Gasteiger partial charge in [0, 0.05) is 23.5 Å². The maximum absolute atomic E-state index is 10.3. The highest BCUT2D eigenvalue weighted by Gasteiger charge is 2.34. The molecule has 1 aliphatic heterocycles. The van der Waals surface area contributed by atoms with Crippen LogP contribution in [-0.2, 0) is 6.42 Å². The minimum absolute atomic E-state index is 0.228. The quantitative estimate of drug-likeness (QED) is 0.840. The second kappa shape index (κ2) is 4.61. The zero-order valence-electron chi connectivity index (χ0n) is 11.4. The number of hydrogen-bond donors (Lipinski definition) is 1. The van der Waals surface area contributed by atoms with Gasteiger partial charge in [0.05, 0.1) is 6.10 Å². The standard InChI is InChI=1S/C15H23NOS/c1-15(2)9-13-12(14(17)10-15)3-6-16(13)11-4-7-18-8-5-11/h3,6,11,14,17H,4-5,7-10H2,1-2H3. The molecule has 0 amide bonds. The van der Waals surface area contributed by atoms with Gasteiger partial charge >= 0.3 is 0 Å². The predicted molar refractivity (Wildman–Crippen MR) is 77.1 cm³/mol. The summed E-state index contributed by atoms with van der Waals surface area (Å²) < 4.78 is 2.47. The van der Waals surface area contributed by atoms with Crippen LogP contribution in [0.25, 0.3) is 0 Å². The van der Waals surface area contributed by atoms with E-state index in [-0.39, 0.29) is 11.5 Å². The van der Waals surface area contributed by atoms with Crippen LogP contribution in [0.3, 0.4) is 0 Å². The molecule has 1 N–H and O–H groups in total. The molecule has 3 rings (SSSR count). The molecular formula is C15H23NOS. The third kappa shape index (κ3) is 2.23. The molecule has 1 saturated heterocycles. The minimum Gasteiger partial charge on any atom is -0.388 e. The van der Waals surface area contributed by atoms with Gasteiger partial charge in [-0.3, -0.25) is 0 Å². The first-order chi connectivity index (χ1) is 8.57. The van der Waals surface area contributed by atoms with Gasteiger partial charge in [-0.2, -0.15) is 11.8 Å². The van der Waals surface area contributed by atoms with Crippen molar-refractivity contribution >= 4 is 11.8 Å². The highest BCUT2D eigenvalue weighted by molar-refractivity contribution is 7.99. The number of aliphatic hydroxyl groups is 1. The number of rotatable bonds is 1. The van der Waals surface area contributed by atoms with Crippen molar-refractivity contribution in [3.63, 3.8) is 0 Å². The molecule has 1 unspecified atom stereocenters. The molecule has 0 radical (unpaired) electrons. The van der Waals surface area contributed by atoms with E-state index in [9.17, 15) is 5.11 Å². The fraction of sp³-hybridized carbons (Fsp3) is 0.733. The van der Waals surface area contributed by atoms with Crippen molar-refractivity contribution in [2.45, 2.75) is 51.7 Å². The monoisotopic (exact) mass is 265 g/mol. The van der Waals surface area contributed by atoms with E-state index in [1.807, 2.05) is 0 Å². The number of thioether (sulfide) groups is 1. The van der Waals surface area contributed by atoms with Gasteiger partial charge in [-0.25, -0.2) is 0 Å². The number of fused-ring (bicyclic) bond motifs is 1. The number of aliphatic hydroxyl groups excluding tert-OH is 1. The lowest BCUT2D eigenvalue weighted by atomic mass is 9.75. The smallest absolute Gasteiger partial charge is 0.0812 e. The average Bonchev–Trinajstić information content (AvgIpc) is 2.72. The molecule has 1 aromatic heterocycles. The van der Waals surface area contributed by atoms with E-state index in [1.165, 1.54) is 35.6 Å². The van der Waals surface area contributed by atoms with Gasteiger partial charge in [0.25, 0.3) is 0 Å². The zero-order valence-corrected chi connectivity index (χ0v) is 12.2. The summed E-state index contributed by atoms with van der Waals surface area (Å²) in [5.41, 5.74) is 2.81. The summed E-state index contributed by atoms with van der Waals surface area (Å²) in [7, 11) is 0. The Labute approximate surface area is 114 Å². The number of nitrogens with zero attached hydrogens (tertiary/aromatic N) is 1. The van der Waals surface area contributed by atoms with Crippen molar-refractivity contribution in [1.29, 1.82) is 0 Å². The Balaban J connectivity index is 1.93. The van der Waals surface area contributed by atoms with E-state index in [0.29, 0.717) is 6.04 Å². The fourth-order valence-electron chi connectivity index (χ4n) is 3.46. The highest BCUT2D eigenvalue weighted by atomic mass is 32.2. The summed E-state index contributed by atoms with van der Waals surface area (Å²) in [5.74, 6) is 2.56. The van der Waals surface area contributed by atoms with Crippen LogP contribution >= 0.6 is 11.8 Å². The van der Waals surface area contributed by atoms with E-state index < -0.39 is 0 Å². The summed E-state index contributed by atoms with van der Waals surface area (Å²) in [4.78, 5) is 0. The molecule has 100 valence electrons. The lowest BCUT2D eigenvalue weighted by Crippen LogP contribution is -2.28. The van der Waals surface area contributed by atoms with Crippen molar-refractivity contribution in [3.05, 3.63) is 23.5 Å². The molecule has 0 bridgehead atoms. The van der Waals surface area contributed by atoms with Crippen LogP contribution in [0.2, 0.25) is 0 Å². The van der Waals surface area contributed by atoms with E-state index in [2.05, 4.69) is 42.4 Å². The van der Waals surface area contributed by atoms with Crippen molar-refractivity contribution in [3.8, 4) is 0 Å². The number of aromatic nitrogens is 1. The lowest BCUT2D eigenvalue weighted by Gasteiger charge is -2.35. The van der Waals surface area contributed by atoms with E-state index >= 15 is 0 Å². The van der Waals surface area contributed by atoms with Crippen LogP contribution in [0.1, 0.15) is 56.5 Å². The molecule has 0 spiro atoms. The minimum atomic E-state index is -0.261. The Morgan fingerprint density at radius 1 is 1.33 bits per heavy atom. The van der Waals surface area contributed by atoms with Gasteiger partial charge in [0.1, 0.15) is 0 Å². The van der Waals surface area contributed by atoms with Crippen molar-refractivity contribution in [1.82, 2.24) is 4.57 Å². The summed E-state index contributed by atoms with van der Waals surface area (Å²) in [6.07, 6.45) is 6.52. The average molecular weight is 265 g/mol. The molecule has 0 saturated carbocycles. The first-order valence-corrected chi connectivity index (χ1v) is 8.18. The van der Waals surface area contributed by atoms with Crippen molar-refractivity contribution in [2.24, 2.45) is 5.41 Å². The second-order valence-electron chi connectivity index (χ2n) is 6.53. The molecule has 18 heavy (non-hydrogen) atoms. The Kier molecular flexibility index (Phi) is 3.23. The molecule has 1 aliphatic carbocycles. The normalized spacial score (nSPS) is 28.1. The van der Waals surface area contributed by atoms with Crippen LogP contribution in [-0.4, -0.2) is 21.2 Å². The molecule has 2 nitrogen and oxygen atoms in total. The Hall–Kier alpha value is -0.410. The van der Waals surface area contributed by atoms with Crippen molar-refractivity contribution in [2.75, 3.05) is 11.5 Å². The lowest BCUT2D eigenvalue weighted by molar-refractivity contribution is 0.0973. The first kappa shape index (κ1) is 12.6. The maximum Gasteiger partial charge on any atom is 0.0812 e. The summed E-state index contributed by atoms with van der Waals surface area (Å²) in [6, 6.07) is 2.81. The van der Waals surface area contributed by atoms with Gasteiger partial charge in [0.15, 0.2) is 0 Å². The summed E-state index contributed by atoms with van der Waals surface area (Å²) >= 11 is 2.07. The van der Waals surface area contributed by atoms with E-state index in [4.69, 9.17) is 0 Å². The second-order valence-corrected chi connectivity index (χ2v) is 7.75. The molecule has 2 aliphatic rings. The molecule has 1 fully saturated rings. The summed E-state index contributed by atoms with van der Waals surface area (Å²) in [5, 5.41) is 10.3. The molecule has 1 atom stereocenters. The summed E-state index contributed by atoms with van der Waals surface area (Å²) in [6.45, 7) is 4.54. The molecular weight excluding hydrogens is 242 g/mol. The maximum atomic E-state index is 10.3. The molecule has 2 heterocycles. The Morgan fingerprint density at radius 2 is 2.06 bits per heavy atom. The zero-order chi connectivity index (χ0) is 12.8. The fourth-order valence-corrected chi connectivity index (χ4v) is 4.54. The SMILES string of the molecule is CC1(C)Cc2c(ccn2C2CCSCC2)C(O)C1. The third-order valence-corrected chi connectivity index (χ3v) is 5.44. The highest BCUT2D eigenvalue weighted by Crippen LogP contribution is 2.43. The van der Waals surface area contributed by atoms with E-state index in [1.54, 1.807) is 0 Å². The van der Waals surface area contributed by atoms with E-state index in [0.717, 1.165) is 12.8 Å². The van der Waals surface area contributed by atoms with Gasteiger partial charge in [-0.1, -0.05) is 13.8 Å². The van der Waals surface area contributed by atoms with Crippen LogP contribution in [0.15, 0.2) is 12.3 Å². The van der Waals surface area contributed by atoms with Gasteiger partial charge in [-0.05, 0) is 48.7 Å². The largest absolute Gasteiger partial charge is 0.388 e. The Bertz CT molecular complexity index is 432. The van der Waals surface area contributed by atoms with Gasteiger partial charge < -0.3 is 9.67 Å². The third-order valence-electron chi connectivity index (χ3n) is 4.39. The van der Waals surface area contributed by atoms with Gasteiger partial charge in [-0.15, -0.1) is 0 Å². The predicted octanol–water partition coefficient (Wildman–Crippen LogP) is 3.56. The van der Waals surface area contributed by atoms with Crippen molar-refractivity contribution < 1.29 is 5.11 Å². The first-order valence-electron chi connectivity index (χ1n) is 7.02.